The van der Waals surface area contributed by atoms with Gasteiger partial charge in [-0.15, -0.1) is 0 Å². The summed E-state index contributed by atoms with van der Waals surface area (Å²) in [4.78, 5) is 15.8. The third kappa shape index (κ3) is 5.39. The third-order valence-corrected chi connectivity index (χ3v) is 6.56. The first-order valence-electron chi connectivity index (χ1n) is 10.7. The van der Waals surface area contributed by atoms with Crippen molar-refractivity contribution < 1.29 is 4.74 Å². The average molecular weight is 446 g/mol. The quantitative estimate of drug-likeness (QED) is 0.529. The van der Waals surface area contributed by atoms with Gasteiger partial charge in [0, 0.05) is 24.0 Å². The minimum Gasteiger partial charge on any atom is -0.472 e. The van der Waals surface area contributed by atoms with E-state index in [0.717, 1.165) is 34.9 Å². The molecule has 1 aromatic heterocycles. The molecule has 1 atom stereocenters. The van der Waals surface area contributed by atoms with Crippen molar-refractivity contribution in [2.75, 3.05) is 32.1 Å². The Morgan fingerprint density at radius 1 is 1.22 bits per heavy atom. The van der Waals surface area contributed by atoms with Crippen LogP contribution in [-0.4, -0.2) is 48.1 Å². The van der Waals surface area contributed by atoms with E-state index in [0.29, 0.717) is 30.0 Å². The Morgan fingerprint density at radius 3 is 2.72 bits per heavy atom. The van der Waals surface area contributed by atoms with E-state index in [1.165, 1.54) is 5.56 Å². The first-order valence-corrected chi connectivity index (χ1v) is 11.5. The maximum Gasteiger partial charge on any atom is 0.232 e. The molecule has 0 aliphatic carbocycles. The molecule has 0 bridgehead atoms. The second-order valence-corrected chi connectivity index (χ2v) is 9.32. The monoisotopic (exact) mass is 445 g/mol. The molecule has 164 valence electrons. The molecular weight excluding hydrogens is 418 g/mol. The van der Waals surface area contributed by atoms with Crippen molar-refractivity contribution in [1.82, 2.24) is 14.9 Å². The fourth-order valence-electron chi connectivity index (χ4n) is 3.70. The number of nitrogens with zero attached hydrogens (tertiary/aromatic N) is 5. The van der Waals surface area contributed by atoms with Crippen molar-refractivity contribution in [2.24, 2.45) is 0 Å². The van der Waals surface area contributed by atoms with Crippen molar-refractivity contribution in [3.8, 4) is 11.9 Å². The molecule has 1 saturated heterocycles. The molecule has 0 radical (unpaired) electrons. The fraction of sp³-hybridized carbons (Fsp3) is 0.320. The number of aryl methyl sites for hydroxylation is 1. The second-order valence-electron chi connectivity index (χ2n) is 8.21. The normalized spacial score (nSPS) is 15.7. The molecular formula is C25H27N5OS. The van der Waals surface area contributed by atoms with Gasteiger partial charge in [-0.2, -0.15) is 10.2 Å². The minimum absolute atomic E-state index is 0.444. The highest BCUT2D eigenvalue weighted by atomic mass is 32.2. The number of benzene rings is 2. The summed E-state index contributed by atoms with van der Waals surface area (Å²) < 4.78 is 6.21. The molecule has 1 fully saturated rings. The third-order valence-electron chi connectivity index (χ3n) is 5.56. The van der Waals surface area contributed by atoms with E-state index < -0.39 is 0 Å². The van der Waals surface area contributed by atoms with Gasteiger partial charge in [-0.3, -0.25) is 0 Å². The molecule has 4 rings (SSSR count). The SMILES string of the molecule is Cc1cccc(COc2nc(N3CCC(N(C)C)C3)ncc2Sc2ccc(C#N)cc2)c1. The van der Waals surface area contributed by atoms with Gasteiger partial charge in [-0.05, 0) is 57.3 Å². The molecule has 0 N–H and O–H groups in total. The van der Waals surface area contributed by atoms with Crippen LogP contribution in [0, 0.1) is 18.3 Å². The summed E-state index contributed by atoms with van der Waals surface area (Å²) in [5.74, 6) is 1.29. The van der Waals surface area contributed by atoms with Crippen molar-refractivity contribution >= 4 is 17.7 Å². The molecule has 1 unspecified atom stereocenters. The lowest BCUT2D eigenvalue weighted by atomic mass is 10.1. The van der Waals surface area contributed by atoms with Gasteiger partial charge >= 0.3 is 0 Å². The van der Waals surface area contributed by atoms with E-state index in [9.17, 15) is 0 Å². The van der Waals surface area contributed by atoms with Gasteiger partial charge < -0.3 is 14.5 Å². The van der Waals surface area contributed by atoms with Crippen LogP contribution in [0.4, 0.5) is 5.95 Å². The number of rotatable bonds is 7. The van der Waals surface area contributed by atoms with Crippen LogP contribution in [0.15, 0.2) is 64.5 Å². The van der Waals surface area contributed by atoms with Crippen molar-refractivity contribution in [2.45, 2.75) is 35.8 Å². The molecule has 3 aromatic rings. The van der Waals surface area contributed by atoms with Crippen LogP contribution >= 0.6 is 11.8 Å². The highest BCUT2D eigenvalue weighted by Gasteiger charge is 2.26. The van der Waals surface area contributed by atoms with Gasteiger partial charge in [-0.1, -0.05) is 41.6 Å². The van der Waals surface area contributed by atoms with E-state index in [1.54, 1.807) is 11.8 Å². The Bertz CT molecular complexity index is 1110. The predicted octanol–water partition coefficient (Wildman–Crippen LogP) is 4.53. The number of aromatic nitrogens is 2. The molecule has 0 amide bonds. The summed E-state index contributed by atoms with van der Waals surface area (Å²) >= 11 is 1.54. The van der Waals surface area contributed by atoms with Gasteiger partial charge in [0.15, 0.2) is 0 Å². The molecule has 1 aliphatic heterocycles. The topological polar surface area (TPSA) is 65.3 Å². The van der Waals surface area contributed by atoms with Gasteiger partial charge in [0.05, 0.1) is 22.7 Å². The lowest BCUT2D eigenvalue weighted by Crippen LogP contribution is -2.32. The van der Waals surface area contributed by atoms with E-state index in [1.807, 2.05) is 36.5 Å². The Hall–Kier alpha value is -3.08. The van der Waals surface area contributed by atoms with E-state index in [4.69, 9.17) is 15.0 Å². The van der Waals surface area contributed by atoms with Crippen molar-refractivity contribution in [3.63, 3.8) is 0 Å². The lowest BCUT2D eigenvalue weighted by Gasteiger charge is -2.21. The number of anilines is 1. The van der Waals surface area contributed by atoms with Crippen LogP contribution in [0.3, 0.4) is 0 Å². The maximum absolute atomic E-state index is 9.04. The zero-order chi connectivity index (χ0) is 22.5. The van der Waals surface area contributed by atoms with Crippen molar-refractivity contribution in [1.29, 1.82) is 5.26 Å². The number of hydrogen-bond acceptors (Lipinski definition) is 7. The summed E-state index contributed by atoms with van der Waals surface area (Å²) in [6.45, 7) is 4.36. The predicted molar refractivity (Wildman–Crippen MR) is 127 cm³/mol. The average Bonchev–Trinajstić information content (AvgIpc) is 3.30. The van der Waals surface area contributed by atoms with Crippen LogP contribution in [0.25, 0.3) is 0 Å². The fourth-order valence-corrected chi connectivity index (χ4v) is 4.52. The minimum atomic E-state index is 0.444. The zero-order valence-corrected chi connectivity index (χ0v) is 19.5. The number of hydrogen-bond donors (Lipinski definition) is 0. The molecule has 6 nitrogen and oxygen atoms in total. The van der Waals surface area contributed by atoms with Crippen LogP contribution < -0.4 is 9.64 Å². The Kier molecular flexibility index (Phi) is 6.93. The summed E-state index contributed by atoms with van der Waals surface area (Å²) in [6.07, 6.45) is 2.94. The van der Waals surface area contributed by atoms with E-state index in [-0.39, 0.29) is 0 Å². The number of ether oxygens (including phenoxy) is 1. The van der Waals surface area contributed by atoms with Gasteiger partial charge in [0.25, 0.3) is 0 Å². The highest BCUT2D eigenvalue weighted by molar-refractivity contribution is 7.99. The Labute approximate surface area is 193 Å². The maximum atomic E-state index is 9.04. The summed E-state index contributed by atoms with van der Waals surface area (Å²) in [5, 5.41) is 9.04. The number of nitriles is 1. The molecule has 2 aromatic carbocycles. The van der Waals surface area contributed by atoms with Crippen LogP contribution in [0.2, 0.25) is 0 Å². The standard InChI is InChI=1S/C25H27N5OS/c1-18-5-4-6-20(13-18)17-31-24-23(32-22-9-7-19(14-26)8-10-22)15-27-25(28-24)30-12-11-21(16-30)29(2)3/h4-10,13,15,21H,11-12,16-17H2,1-3H3. The highest BCUT2D eigenvalue weighted by Crippen LogP contribution is 2.35. The number of likely N-dealkylation sites (N-methyl/N-ethyl adjacent to an activating group) is 1. The molecule has 7 heteroatoms. The second kappa shape index (κ2) is 10.0. The first-order chi connectivity index (χ1) is 15.5. The first kappa shape index (κ1) is 22.1. The van der Waals surface area contributed by atoms with Crippen LogP contribution in [0.5, 0.6) is 5.88 Å². The van der Waals surface area contributed by atoms with Crippen LogP contribution in [-0.2, 0) is 6.61 Å². The summed E-state index contributed by atoms with van der Waals surface area (Å²) in [6, 6.07) is 18.5. The van der Waals surface area contributed by atoms with Gasteiger partial charge in [-0.25, -0.2) is 4.98 Å². The lowest BCUT2D eigenvalue weighted by molar-refractivity contribution is 0.285. The molecule has 0 saturated carbocycles. The summed E-state index contributed by atoms with van der Waals surface area (Å²) in [7, 11) is 4.23. The van der Waals surface area contributed by atoms with Gasteiger partial charge in [0.1, 0.15) is 6.61 Å². The van der Waals surface area contributed by atoms with Gasteiger partial charge in [0.2, 0.25) is 11.8 Å². The summed E-state index contributed by atoms with van der Waals surface area (Å²) in [5.41, 5.74) is 2.95. The van der Waals surface area contributed by atoms with E-state index in [2.05, 4.69) is 60.1 Å². The molecule has 1 aliphatic rings. The molecule has 0 spiro atoms. The largest absolute Gasteiger partial charge is 0.472 e. The molecule has 32 heavy (non-hydrogen) atoms. The smallest absolute Gasteiger partial charge is 0.232 e. The van der Waals surface area contributed by atoms with E-state index >= 15 is 0 Å². The Morgan fingerprint density at radius 2 is 2.03 bits per heavy atom. The zero-order valence-electron chi connectivity index (χ0n) is 18.7. The Balaban J connectivity index is 1.58. The van der Waals surface area contributed by atoms with Crippen LogP contribution in [0.1, 0.15) is 23.1 Å². The van der Waals surface area contributed by atoms with Crippen molar-refractivity contribution in [3.05, 3.63) is 71.4 Å². The molecule has 2 heterocycles.